The lowest BCUT2D eigenvalue weighted by Gasteiger charge is -2.15. The van der Waals surface area contributed by atoms with E-state index in [9.17, 15) is 9.59 Å². The van der Waals surface area contributed by atoms with Crippen LogP contribution in [0, 0.1) is 6.92 Å². The van der Waals surface area contributed by atoms with Crippen LogP contribution in [0.15, 0.2) is 53.5 Å². The van der Waals surface area contributed by atoms with Crippen LogP contribution in [-0.4, -0.2) is 20.5 Å². The third-order valence-electron chi connectivity index (χ3n) is 4.02. The highest BCUT2D eigenvalue weighted by molar-refractivity contribution is 6.05. The minimum absolute atomic E-state index is 0.200. The maximum Gasteiger partial charge on any atom is 0.291 e. The molecule has 3 rings (SSSR count). The van der Waals surface area contributed by atoms with Gasteiger partial charge in [0.1, 0.15) is 17.2 Å². The van der Waals surface area contributed by atoms with E-state index in [1.54, 1.807) is 6.20 Å². The van der Waals surface area contributed by atoms with Crippen LogP contribution in [0.4, 0.5) is 11.5 Å². The highest BCUT2D eigenvalue weighted by Gasteiger charge is 2.22. The van der Waals surface area contributed by atoms with Crippen molar-refractivity contribution in [2.75, 3.05) is 5.32 Å². The molecule has 0 saturated carbocycles. The molecule has 0 radical (unpaired) electrons. The molecule has 0 aliphatic heterocycles. The third kappa shape index (κ3) is 3.39. The summed E-state index contributed by atoms with van der Waals surface area (Å²) >= 11 is 0. The average molecular weight is 348 g/mol. The molecule has 0 saturated heterocycles. The van der Waals surface area contributed by atoms with Gasteiger partial charge in [-0.05, 0) is 38.5 Å². The normalized spacial score (nSPS) is 10.6. The number of rotatable bonds is 5. The minimum Gasteiger partial charge on any atom is -0.335 e. The van der Waals surface area contributed by atoms with Crippen LogP contribution in [-0.2, 0) is 6.54 Å². The summed E-state index contributed by atoms with van der Waals surface area (Å²) in [5, 5.41) is 7.47. The second kappa shape index (κ2) is 7.31. The van der Waals surface area contributed by atoms with Gasteiger partial charge in [-0.3, -0.25) is 9.59 Å². The molecular weight excluding hydrogens is 328 g/mol. The van der Waals surface area contributed by atoms with Crippen LogP contribution in [0.1, 0.15) is 29.8 Å². The van der Waals surface area contributed by atoms with Gasteiger partial charge >= 0.3 is 0 Å². The van der Waals surface area contributed by atoms with Crippen molar-refractivity contribution >= 4 is 17.3 Å². The van der Waals surface area contributed by atoms with E-state index in [1.165, 1.54) is 11.6 Å². The number of aryl methyl sites for hydroxylation is 2. The molecule has 1 N–H and O–H groups in total. The largest absolute Gasteiger partial charge is 0.335 e. The molecule has 0 amide bonds. The standard InChI is InChI=1S/C20H20N4O2/c1-4-24-20(26)19(22-16-12-13(2)10-11-21-16)17(14(3)25)18(23-24)15-8-6-5-7-9-15/h5-12H,4H2,1-3H3,(H,21,22). The Balaban J connectivity index is 2.27. The van der Waals surface area contributed by atoms with Crippen LogP contribution < -0.4 is 10.9 Å². The van der Waals surface area contributed by atoms with Crippen LogP contribution >= 0.6 is 0 Å². The highest BCUT2D eigenvalue weighted by Crippen LogP contribution is 2.27. The van der Waals surface area contributed by atoms with Gasteiger partial charge in [-0.1, -0.05) is 30.3 Å². The summed E-state index contributed by atoms with van der Waals surface area (Å²) in [6.07, 6.45) is 1.66. The molecule has 0 bridgehead atoms. The molecule has 6 nitrogen and oxygen atoms in total. The molecule has 132 valence electrons. The zero-order valence-electron chi connectivity index (χ0n) is 15.0. The van der Waals surface area contributed by atoms with Gasteiger partial charge in [0.25, 0.3) is 5.56 Å². The van der Waals surface area contributed by atoms with Gasteiger partial charge < -0.3 is 5.32 Å². The molecule has 0 atom stereocenters. The smallest absolute Gasteiger partial charge is 0.291 e. The van der Waals surface area contributed by atoms with E-state index in [2.05, 4.69) is 15.4 Å². The SMILES string of the molecule is CCn1nc(-c2ccccc2)c(C(C)=O)c(Nc2cc(C)ccn2)c1=O. The first-order chi connectivity index (χ1) is 12.5. The number of pyridine rings is 1. The van der Waals surface area contributed by atoms with Crippen LogP contribution in [0.5, 0.6) is 0 Å². The van der Waals surface area contributed by atoms with Crippen LogP contribution in [0.2, 0.25) is 0 Å². The van der Waals surface area contributed by atoms with Gasteiger partial charge in [-0.15, -0.1) is 0 Å². The maximum atomic E-state index is 12.9. The van der Waals surface area contributed by atoms with Crippen molar-refractivity contribution in [3.8, 4) is 11.3 Å². The first-order valence-corrected chi connectivity index (χ1v) is 8.42. The van der Waals surface area contributed by atoms with Crippen molar-refractivity contribution in [1.29, 1.82) is 0 Å². The predicted molar refractivity (Wildman–Crippen MR) is 102 cm³/mol. The quantitative estimate of drug-likeness (QED) is 0.713. The topological polar surface area (TPSA) is 76.9 Å². The molecule has 0 spiro atoms. The van der Waals surface area contributed by atoms with E-state index < -0.39 is 0 Å². The maximum absolute atomic E-state index is 12.9. The van der Waals surface area contributed by atoms with Crippen molar-refractivity contribution < 1.29 is 4.79 Å². The first kappa shape index (κ1) is 17.5. The second-order valence-corrected chi connectivity index (χ2v) is 5.99. The Kier molecular flexibility index (Phi) is 4.93. The third-order valence-corrected chi connectivity index (χ3v) is 4.02. The highest BCUT2D eigenvalue weighted by atomic mass is 16.1. The van der Waals surface area contributed by atoms with Crippen molar-refractivity contribution in [2.45, 2.75) is 27.3 Å². The van der Waals surface area contributed by atoms with Gasteiger partial charge in [0.2, 0.25) is 0 Å². The summed E-state index contributed by atoms with van der Waals surface area (Å²) < 4.78 is 1.35. The zero-order valence-corrected chi connectivity index (χ0v) is 15.0. The van der Waals surface area contributed by atoms with Crippen molar-refractivity contribution in [3.63, 3.8) is 0 Å². The molecular formula is C20H20N4O2. The molecule has 0 aliphatic carbocycles. The lowest BCUT2D eigenvalue weighted by molar-refractivity contribution is 0.101. The van der Waals surface area contributed by atoms with Crippen molar-refractivity contribution in [3.05, 3.63) is 70.1 Å². The fourth-order valence-electron chi connectivity index (χ4n) is 2.77. The number of carbonyl (C=O) groups is 1. The molecule has 0 unspecified atom stereocenters. The van der Waals surface area contributed by atoms with E-state index in [0.717, 1.165) is 11.1 Å². The van der Waals surface area contributed by atoms with E-state index in [1.807, 2.05) is 56.3 Å². The lowest BCUT2D eigenvalue weighted by Crippen LogP contribution is -2.28. The van der Waals surface area contributed by atoms with Crippen molar-refractivity contribution in [2.24, 2.45) is 0 Å². The number of Topliss-reactive ketones (excluding diaryl/α,β-unsaturated/α-hetero) is 1. The Labute approximate surface area is 151 Å². The molecule has 0 fully saturated rings. The molecule has 26 heavy (non-hydrogen) atoms. The Morgan fingerprint density at radius 2 is 1.92 bits per heavy atom. The fraction of sp³-hybridized carbons (Fsp3) is 0.200. The van der Waals surface area contributed by atoms with Gasteiger partial charge in [0.15, 0.2) is 5.78 Å². The lowest BCUT2D eigenvalue weighted by atomic mass is 10.0. The van der Waals surface area contributed by atoms with E-state index in [4.69, 9.17) is 0 Å². The summed E-state index contributed by atoms with van der Waals surface area (Å²) in [5.41, 5.74) is 2.39. The second-order valence-electron chi connectivity index (χ2n) is 5.99. The number of nitrogens with zero attached hydrogens (tertiary/aromatic N) is 3. The van der Waals surface area contributed by atoms with E-state index >= 15 is 0 Å². The summed E-state index contributed by atoms with van der Waals surface area (Å²) in [6.45, 7) is 5.61. The van der Waals surface area contributed by atoms with Gasteiger partial charge in [0, 0.05) is 18.3 Å². The molecule has 2 aromatic heterocycles. The molecule has 3 aromatic rings. The molecule has 2 heterocycles. The summed E-state index contributed by atoms with van der Waals surface area (Å²) in [6, 6.07) is 13.1. The molecule has 6 heteroatoms. The fourth-order valence-corrected chi connectivity index (χ4v) is 2.77. The zero-order chi connectivity index (χ0) is 18.7. The van der Waals surface area contributed by atoms with Crippen LogP contribution in [0.3, 0.4) is 0 Å². The van der Waals surface area contributed by atoms with Crippen molar-refractivity contribution in [1.82, 2.24) is 14.8 Å². The number of anilines is 2. The number of ketones is 1. The van der Waals surface area contributed by atoms with Crippen LogP contribution in [0.25, 0.3) is 11.3 Å². The molecule has 1 aromatic carbocycles. The minimum atomic E-state index is -0.347. The Morgan fingerprint density at radius 1 is 1.19 bits per heavy atom. The number of hydrogen-bond acceptors (Lipinski definition) is 5. The predicted octanol–water partition coefficient (Wildman–Crippen LogP) is 3.58. The number of hydrogen-bond donors (Lipinski definition) is 1. The first-order valence-electron chi connectivity index (χ1n) is 8.42. The average Bonchev–Trinajstić information content (AvgIpc) is 2.63. The Hall–Kier alpha value is -3.28. The number of aromatic nitrogens is 3. The Morgan fingerprint density at radius 3 is 2.54 bits per heavy atom. The summed E-state index contributed by atoms with van der Waals surface area (Å²) in [5.74, 6) is 0.282. The van der Waals surface area contributed by atoms with E-state index in [-0.39, 0.29) is 22.6 Å². The Bertz CT molecular complexity index is 1010. The van der Waals surface area contributed by atoms with Gasteiger partial charge in [-0.2, -0.15) is 5.10 Å². The monoisotopic (exact) mass is 348 g/mol. The number of carbonyl (C=O) groups excluding carboxylic acids is 1. The number of nitrogens with one attached hydrogen (secondary N) is 1. The molecule has 0 aliphatic rings. The summed E-state index contributed by atoms with van der Waals surface area (Å²) in [7, 11) is 0. The van der Waals surface area contributed by atoms with Gasteiger partial charge in [0.05, 0.1) is 5.56 Å². The van der Waals surface area contributed by atoms with E-state index in [0.29, 0.717) is 18.1 Å². The van der Waals surface area contributed by atoms with Gasteiger partial charge in [-0.25, -0.2) is 9.67 Å². The summed E-state index contributed by atoms with van der Waals surface area (Å²) in [4.78, 5) is 29.5. The number of benzene rings is 1.